The van der Waals surface area contributed by atoms with Crippen LogP contribution >= 0.6 is 0 Å². The Morgan fingerprint density at radius 2 is 1.56 bits per heavy atom. The van der Waals surface area contributed by atoms with Crippen LogP contribution in [0.3, 0.4) is 0 Å². The van der Waals surface area contributed by atoms with Crippen LogP contribution in [0.1, 0.15) is 17.0 Å². The van der Waals surface area contributed by atoms with E-state index in [1.807, 2.05) is 0 Å². The normalized spacial score (nSPS) is 28.7. The van der Waals surface area contributed by atoms with Crippen molar-refractivity contribution in [2.75, 3.05) is 0 Å². The van der Waals surface area contributed by atoms with Crippen LogP contribution in [-0.4, -0.2) is 29.4 Å². The molecule has 0 amide bonds. The van der Waals surface area contributed by atoms with Crippen molar-refractivity contribution in [1.29, 1.82) is 0 Å². The Morgan fingerprint density at radius 3 is 2.33 bits per heavy atom. The van der Waals surface area contributed by atoms with Crippen LogP contribution in [0.4, 0.5) is 0 Å². The third kappa shape index (κ3) is 3.03. The number of rotatable bonds is 4. The summed E-state index contributed by atoms with van der Waals surface area (Å²) in [4.78, 5) is 0. The van der Waals surface area contributed by atoms with E-state index in [-0.39, 0.29) is 0 Å². The Balaban J connectivity index is 1.52. The zero-order chi connectivity index (χ0) is 18.3. The molecule has 2 aliphatic rings. The molecule has 0 bridgehead atoms. The third-order valence-electron chi connectivity index (χ3n) is 6.29. The van der Waals surface area contributed by atoms with E-state index in [1.165, 1.54) is 20.5 Å². The first-order valence-electron chi connectivity index (χ1n) is 9.75. The maximum absolute atomic E-state index is 6.99. The molecule has 1 nitrogen and oxygen atoms in total. The number of hydrogen-bond donors (Lipinski definition) is 0. The monoisotopic (exact) mass is 436 g/mol. The summed E-state index contributed by atoms with van der Waals surface area (Å²) in [5, 5.41) is 2.73. The summed E-state index contributed by atoms with van der Waals surface area (Å²) >= 11 is 0.491. The molecule has 0 radical (unpaired) electrons. The van der Waals surface area contributed by atoms with Gasteiger partial charge in [0, 0.05) is 0 Å². The molecule has 1 fully saturated rings. The maximum atomic E-state index is 6.99. The summed E-state index contributed by atoms with van der Waals surface area (Å²) in [6.45, 7) is 2.47. The van der Waals surface area contributed by atoms with Gasteiger partial charge in [-0.3, -0.25) is 0 Å². The molecule has 5 rings (SSSR count). The second-order valence-electron chi connectivity index (χ2n) is 7.79. The van der Waals surface area contributed by atoms with Crippen molar-refractivity contribution in [3.8, 4) is 0 Å². The van der Waals surface area contributed by atoms with Gasteiger partial charge in [0.2, 0.25) is 0 Å². The fraction of sp³-hybridized carbons (Fsp3) is 0.250. The molecule has 3 heteroatoms. The standard InChI is InChI=1S/C24H24OSeSi/c1-27(20-13-6-3-7-14-20)23(17-26-19-11-4-2-5-12-19)24-21-15-9-8-10-18(21)16-22(24)25-27/h2-15,22-24H,16-17H2,1H3/t22-,23-,24+,27-/m0/s1. The Morgan fingerprint density at radius 1 is 0.889 bits per heavy atom. The van der Waals surface area contributed by atoms with E-state index in [9.17, 15) is 0 Å². The first-order chi connectivity index (χ1) is 13.3. The molecule has 3 aromatic carbocycles. The predicted octanol–water partition coefficient (Wildman–Crippen LogP) is 4.03. The van der Waals surface area contributed by atoms with E-state index in [2.05, 4.69) is 91.5 Å². The van der Waals surface area contributed by atoms with Crippen LogP contribution in [0.5, 0.6) is 0 Å². The Kier molecular flexibility index (Phi) is 4.57. The van der Waals surface area contributed by atoms with Gasteiger partial charge in [-0.05, 0) is 0 Å². The predicted molar refractivity (Wildman–Crippen MR) is 116 cm³/mol. The fourth-order valence-corrected chi connectivity index (χ4v) is 13.2. The van der Waals surface area contributed by atoms with Gasteiger partial charge in [0.05, 0.1) is 0 Å². The quantitative estimate of drug-likeness (QED) is 0.563. The number of hydrogen-bond acceptors (Lipinski definition) is 1. The topological polar surface area (TPSA) is 9.23 Å². The van der Waals surface area contributed by atoms with Crippen molar-refractivity contribution in [2.24, 2.45) is 0 Å². The molecule has 1 saturated heterocycles. The summed E-state index contributed by atoms with van der Waals surface area (Å²) in [7, 11) is -1.99. The van der Waals surface area contributed by atoms with Crippen molar-refractivity contribution in [2.45, 2.75) is 35.9 Å². The third-order valence-corrected chi connectivity index (χ3v) is 13.6. The number of fused-ring (bicyclic) bond motifs is 3. The molecule has 1 aliphatic heterocycles. The fourth-order valence-electron chi connectivity index (χ4n) is 4.94. The molecular formula is C24H24OSeSi. The van der Waals surface area contributed by atoms with E-state index in [1.54, 1.807) is 5.56 Å². The molecular weight excluding hydrogens is 411 g/mol. The van der Waals surface area contributed by atoms with Crippen molar-refractivity contribution < 1.29 is 4.43 Å². The van der Waals surface area contributed by atoms with Gasteiger partial charge in [-0.15, -0.1) is 0 Å². The zero-order valence-electron chi connectivity index (χ0n) is 15.5. The van der Waals surface area contributed by atoms with Crippen LogP contribution in [0.2, 0.25) is 17.4 Å². The second-order valence-corrected chi connectivity index (χ2v) is 13.9. The molecule has 136 valence electrons. The van der Waals surface area contributed by atoms with Crippen molar-refractivity contribution in [3.63, 3.8) is 0 Å². The zero-order valence-corrected chi connectivity index (χ0v) is 18.3. The van der Waals surface area contributed by atoms with Gasteiger partial charge in [-0.2, -0.15) is 0 Å². The molecule has 27 heavy (non-hydrogen) atoms. The Hall–Kier alpha value is -1.64. The van der Waals surface area contributed by atoms with Crippen molar-refractivity contribution in [1.82, 2.24) is 0 Å². The van der Waals surface area contributed by atoms with Crippen LogP contribution in [0, 0.1) is 0 Å². The summed E-state index contributed by atoms with van der Waals surface area (Å²) in [6.07, 6.45) is 1.46. The summed E-state index contributed by atoms with van der Waals surface area (Å²) in [5.41, 5.74) is 3.71. The van der Waals surface area contributed by atoms with Crippen LogP contribution in [-0.2, 0) is 10.8 Å². The Labute approximate surface area is 169 Å². The van der Waals surface area contributed by atoms with Crippen LogP contribution in [0.25, 0.3) is 0 Å². The van der Waals surface area contributed by atoms with Gasteiger partial charge in [0.1, 0.15) is 0 Å². The average molecular weight is 436 g/mol. The molecule has 3 aromatic rings. The minimum atomic E-state index is -1.99. The first kappa shape index (κ1) is 17.5. The van der Waals surface area contributed by atoms with Crippen molar-refractivity contribution in [3.05, 3.63) is 96.1 Å². The van der Waals surface area contributed by atoms with Gasteiger partial charge >= 0.3 is 169 Å². The molecule has 4 atom stereocenters. The van der Waals surface area contributed by atoms with Crippen molar-refractivity contribution >= 4 is 32.9 Å². The van der Waals surface area contributed by atoms with Crippen LogP contribution < -0.4 is 9.65 Å². The first-order valence-corrected chi connectivity index (χ1v) is 14.3. The van der Waals surface area contributed by atoms with Gasteiger partial charge in [0.15, 0.2) is 0 Å². The summed E-state index contributed by atoms with van der Waals surface area (Å²) in [6, 6.07) is 31.2. The van der Waals surface area contributed by atoms with E-state index >= 15 is 0 Å². The average Bonchev–Trinajstić information content (AvgIpc) is 3.20. The van der Waals surface area contributed by atoms with E-state index in [0.29, 0.717) is 32.5 Å². The molecule has 0 unspecified atom stereocenters. The van der Waals surface area contributed by atoms with Gasteiger partial charge in [0.25, 0.3) is 0 Å². The van der Waals surface area contributed by atoms with Gasteiger partial charge in [-0.1, -0.05) is 0 Å². The number of benzene rings is 3. The molecule has 0 spiro atoms. The van der Waals surface area contributed by atoms with Gasteiger partial charge in [-0.25, -0.2) is 0 Å². The van der Waals surface area contributed by atoms with E-state index in [0.717, 1.165) is 6.42 Å². The molecule has 1 aliphatic carbocycles. The SMILES string of the molecule is C[Si@@]1(c2ccccc2)O[C@H]2Cc3ccccc3[C@H]2[C@@H]1C[Se]c1ccccc1. The minimum absolute atomic E-state index is 0.371. The molecule has 0 aromatic heterocycles. The summed E-state index contributed by atoms with van der Waals surface area (Å²) in [5.74, 6) is 0.573. The molecule has 0 saturated carbocycles. The van der Waals surface area contributed by atoms with E-state index in [4.69, 9.17) is 4.43 Å². The Bertz CT molecular complexity index is 929. The van der Waals surface area contributed by atoms with Crippen LogP contribution in [0.15, 0.2) is 84.9 Å². The summed E-state index contributed by atoms with van der Waals surface area (Å²) < 4.78 is 8.50. The molecule has 0 N–H and O–H groups in total. The molecule has 1 heterocycles. The second kappa shape index (κ2) is 7.07. The van der Waals surface area contributed by atoms with Gasteiger partial charge < -0.3 is 0 Å². The van der Waals surface area contributed by atoms with E-state index < -0.39 is 8.32 Å².